The fourth-order valence-corrected chi connectivity index (χ4v) is 5.85. The van der Waals surface area contributed by atoms with E-state index in [0.29, 0.717) is 22.3 Å². The first-order valence-corrected chi connectivity index (χ1v) is 14.5. The van der Waals surface area contributed by atoms with Crippen molar-refractivity contribution in [2.24, 2.45) is 0 Å². The Morgan fingerprint density at radius 3 is 2.51 bits per heavy atom. The molecule has 0 bridgehead atoms. The third-order valence-corrected chi connectivity index (χ3v) is 8.28. The molecule has 5 aromatic rings. The summed E-state index contributed by atoms with van der Waals surface area (Å²) in [4.78, 5) is 47.5. The minimum Gasteiger partial charge on any atom is -0.344 e. The van der Waals surface area contributed by atoms with Crippen molar-refractivity contribution >= 4 is 49.9 Å². The molecule has 1 atom stereocenters. The number of terminal acetylenes is 1. The minimum absolute atomic E-state index is 0.0845. The number of fused-ring (bicyclic) bond motifs is 1. The van der Waals surface area contributed by atoms with Gasteiger partial charge in [-0.05, 0) is 37.3 Å². The third kappa shape index (κ3) is 4.30. The van der Waals surface area contributed by atoms with Gasteiger partial charge in [0.1, 0.15) is 5.56 Å². The molecule has 216 valence electrons. The van der Waals surface area contributed by atoms with Gasteiger partial charge in [-0.1, -0.05) is 24.1 Å². The summed E-state index contributed by atoms with van der Waals surface area (Å²) in [6.45, 7) is 1.63. The van der Waals surface area contributed by atoms with E-state index in [0.717, 1.165) is 0 Å². The molecule has 1 aliphatic rings. The van der Waals surface area contributed by atoms with Crippen molar-refractivity contribution in [3.63, 3.8) is 0 Å². The predicted molar refractivity (Wildman–Crippen MR) is 161 cm³/mol. The highest BCUT2D eigenvalue weighted by atomic mass is 32.2. The van der Waals surface area contributed by atoms with Gasteiger partial charge < -0.3 is 10.2 Å². The lowest BCUT2D eigenvalue weighted by Gasteiger charge is -2.23. The van der Waals surface area contributed by atoms with Gasteiger partial charge in [0, 0.05) is 43.1 Å². The van der Waals surface area contributed by atoms with Crippen LogP contribution in [-0.4, -0.2) is 53.5 Å². The molecular formula is C29H24N8O5S. The average molecular weight is 597 g/mol. The number of hydrogen-bond donors (Lipinski definition) is 3. The number of rotatable bonds is 7. The molecular weight excluding hydrogens is 572 g/mol. The Balaban J connectivity index is 1.57. The van der Waals surface area contributed by atoms with Gasteiger partial charge in [0.2, 0.25) is 0 Å². The first-order chi connectivity index (χ1) is 20.6. The lowest BCUT2D eigenvalue weighted by molar-refractivity contribution is 0.0935. The largest absolute Gasteiger partial charge is 0.344 e. The Kier molecular flexibility index (Phi) is 6.48. The zero-order valence-electron chi connectivity index (χ0n) is 23.1. The quantitative estimate of drug-likeness (QED) is 0.242. The summed E-state index contributed by atoms with van der Waals surface area (Å²) in [6, 6.07) is 12.6. The van der Waals surface area contributed by atoms with Crippen molar-refractivity contribution in [3.8, 4) is 18.0 Å². The van der Waals surface area contributed by atoms with Gasteiger partial charge >= 0.3 is 0 Å². The number of benzene rings is 2. The monoisotopic (exact) mass is 596 g/mol. The molecule has 0 saturated heterocycles. The molecule has 14 heteroatoms. The number of amides is 2. The highest BCUT2D eigenvalue weighted by molar-refractivity contribution is 7.90. The van der Waals surface area contributed by atoms with Gasteiger partial charge in [0.15, 0.2) is 11.5 Å². The summed E-state index contributed by atoms with van der Waals surface area (Å²) < 4.78 is 31.6. The van der Waals surface area contributed by atoms with Crippen molar-refractivity contribution in [3.05, 3.63) is 93.7 Å². The second kappa shape index (κ2) is 10.1. The van der Waals surface area contributed by atoms with Crippen LogP contribution >= 0.6 is 0 Å². The number of carbonyl (C=O) groups excluding carboxylic acids is 2. The number of nitrogens with zero attached hydrogens (tertiary/aromatic N) is 5. The van der Waals surface area contributed by atoms with Gasteiger partial charge in [0.05, 0.1) is 28.4 Å². The number of pyridine rings is 1. The average Bonchev–Trinajstić information content (AvgIpc) is 3.48. The fourth-order valence-electron chi connectivity index (χ4n) is 5.35. The van der Waals surface area contributed by atoms with Gasteiger partial charge in [0.25, 0.3) is 27.6 Å². The zero-order valence-corrected chi connectivity index (χ0v) is 23.9. The third-order valence-electron chi connectivity index (χ3n) is 7.28. The normalized spacial score (nSPS) is 13.3. The van der Waals surface area contributed by atoms with Crippen LogP contribution in [0.4, 0.5) is 11.5 Å². The van der Waals surface area contributed by atoms with Crippen molar-refractivity contribution in [2.75, 3.05) is 23.7 Å². The van der Waals surface area contributed by atoms with Gasteiger partial charge in [-0.15, -0.1) is 11.5 Å². The molecule has 43 heavy (non-hydrogen) atoms. The molecule has 1 aliphatic heterocycles. The van der Waals surface area contributed by atoms with Crippen LogP contribution in [0.15, 0.2) is 65.7 Å². The minimum atomic E-state index is -4.05. The maximum absolute atomic E-state index is 14.2. The van der Waals surface area contributed by atoms with E-state index in [2.05, 4.69) is 30.8 Å². The highest BCUT2D eigenvalue weighted by Crippen LogP contribution is 2.40. The van der Waals surface area contributed by atoms with Crippen LogP contribution in [0.3, 0.4) is 0 Å². The summed E-state index contributed by atoms with van der Waals surface area (Å²) in [7, 11) is -1.24. The van der Waals surface area contributed by atoms with Crippen LogP contribution in [0.1, 0.15) is 44.9 Å². The molecule has 13 nitrogen and oxygen atoms in total. The lowest BCUT2D eigenvalue weighted by Crippen LogP contribution is -2.35. The standard InChI is InChI=1S/C29H24N8O5S/c1-5-17-12-13-19-21-20(17)29(40)37(18-10-7-6-8-11-18)24(22(21)28(39)35(19)4)16(2)32-27(38)23-25(34-43(41,42)30-3)33-36-15-9-14-31-26(23)36/h1,6-16,30H,2-4H3,(H,32,38)(H,33,34)/t16-/m1/s1. The Bertz CT molecular complexity index is 2200. The number of para-hydroxylation sites is 1. The van der Waals surface area contributed by atoms with E-state index in [1.54, 1.807) is 62.5 Å². The van der Waals surface area contributed by atoms with E-state index in [9.17, 15) is 22.8 Å². The molecule has 2 amide bonds. The van der Waals surface area contributed by atoms with E-state index in [-0.39, 0.29) is 39.6 Å². The van der Waals surface area contributed by atoms with Crippen LogP contribution in [0.2, 0.25) is 0 Å². The SMILES string of the molecule is C#Cc1ccc2c3c(c([C@@H](C)NC(=O)c4c(NS(=O)(=O)NC)nn5cccnc45)n(-c4ccccc4)c(=O)c13)C(=O)N2C. The summed E-state index contributed by atoms with van der Waals surface area (Å²) >= 11 is 0. The molecule has 0 saturated carbocycles. The van der Waals surface area contributed by atoms with E-state index in [1.165, 1.54) is 33.4 Å². The summed E-state index contributed by atoms with van der Waals surface area (Å²) in [5.41, 5.74) is 1.22. The molecule has 3 N–H and O–H groups in total. The molecule has 0 fully saturated rings. The van der Waals surface area contributed by atoms with Gasteiger partial charge in [-0.25, -0.2) is 14.2 Å². The van der Waals surface area contributed by atoms with E-state index in [4.69, 9.17) is 6.42 Å². The Morgan fingerprint density at radius 2 is 1.81 bits per heavy atom. The van der Waals surface area contributed by atoms with Crippen LogP contribution in [0.5, 0.6) is 0 Å². The highest BCUT2D eigenvalue weighted by Gasteiger charge is 2.37. The molecule has 0 unspecified atom stereocenters. The molecule has 3 aromatic heterocycles. The Labute approximate surface area is 245 Å². The van der Waals surface area contributed by atoms with E-state index in [1.807, 2.05) is 0 Å². The molecule has 0 radical (unpaired) electrons. The topological polar surface area (TPSA) is 160 Å². The molecule has 6 rings (SSSR count). The number of carbonyl (C=O) groups is 2. The molecule has 4 heterocycles. The zero-order chi connectivity index (χ0) is 30.6. The Hall–Kier alpha value is -5.52. The number of aromatic nitrogens is 4. The van der Waals surface area contributed by atoms with E-state index >= 15 is 0 Å². The predicted octanol–water partition coefficient (Wildman–Crippen LogP) is 1.97. The number of nitrogens with one attached hydrogen (secondary N) is 3. The maximum Gasteiger partial charge on any atom is 0.300 e. The van der Waals surface area contributed by atoms with Gasteiger partial charge in [-0.3, -0.25) is 23.7 Å². The molecule has 0 spiro atoms. The first-order valence-electron chi connectivity index (χ1n) is 13.0. The van der Waals surface area contributed by atoms with Crippen molar-refractivity contribution in [1.29, 1.82) is 0 Å². The summed E-state index contributed by atoms with van der Waals surface area (Å²) in [5, 5.41) is 7.64. The molecule has 2 aromatic carbocycles. The number of hydrogen-bond acceptors (Lipinski definition) is 7. The Morgan fingerprint density at radius 1 is 1.07 bits per heavy atom. The maximum atomic E-state index is 14.2. The fraction of sp³-hybridized carbons (Fsp3) is 0.138. The van der Waals surface area contributed by atoms with Crippen molar-refractivity contribution in [2.45, 2.75) is 13.0 Å². The second-order valence-corrected chi connectivity index (χ2v) is 11.4. The van der Waals surface area contributed by atoms with E-state index < -0.39 is 27.7 Å². The van der Waals surface area contributed by atoms with Crippen LogP contribution < -0.4 is 25.2 Å². The second-order valence-electron chi connectivity index (χ2n) is 9.74. The van der Waals surface area contributed by atoms with Crippen LogP contribution in [-0.2, 0) is 10.2 Å². The lowest BCUT2D eigenvalue weighted by atomic mass is 9.97. The van der Waals surface area contributed by atoms with Crippen LogP contribution in [0, 0.1) is 12.3 Å². The summed E-state index contributed by atoms with van der Waals surface area (Å²) in [5.74, 6) is 1.17. The van der Waals surface area contributed by atoms with Crippen molar-refractivity contribution < 1.29 is 18.0 Å². The van der Waals surface area contributed by atoms with Crippen molar-refractivity contribution in [1.82, 2.24) is 29.2 Å². The first kappa shape index (κ1) is 27.6. The smallest absolute Gasteiger partial charge is 0.300 e. The molecule has 0 aliphatic carbocycles. The summed E-state index contributed by atoms with van der Waals surface area (Å²) in [6.07, 6.45) is 8.72. The number of anilines is 2. The van der Waals surface area contributed by atoms with Crippen LogP contribution in [0.25, 0.3) is 22.1 Å². The van der Waals surface area contributed by atoms with Gasteiger partial charge in [-0.2, -0.15) is 8.42 Å².